The molecule has 0 atom stereocenters. The molecule has 5 nitrogen and oxygen atoms in total. The molecule has 1 aromatic heterocycles. The third-order valence-electron chi connectivity index (χ3n) is 2.81. The number of rotatable bonds is 4. The highest BCUT2D eigenvalue weighted by Gasteiger charge is 2.05. The van der Waals surface area contributed by atoms with Crippen molar-refractivity contribution in [2.24, 2.45) is 0 Å². The quantitative estimate of drug-likeness (QED) is 0.883. The molecule has 2 rings (SSSR count). The van der Waals surface area contributed by atoms with Gasteiger partial charge in [-0.3, -0.25) is 0 Å². The van der Waals surface area contributed by atoms with Crippen LogP contribution in [0.2, 0.25) is 0 Å². The van der Waals surface area contributed by atoms with Gasteiger partial charge in [-0.05, 0) is 30.7 Å². The number of nitrogens with zero attached hydrogens (tertiary/aromatic N) is 1. The van der Waals surface area contributed by atoms with E-state index in [0.717, 1.165) is 17.1 Å². The second-order valence-corrected chi connectivity index (χ2v) is 4.12. The van der Waals surface area contributed by atoms with Gasteiger partial charge in [0.1, 0.15) is 5.82 Å². The van der Waals surface area contributed by atoms with E-state index in [-0.39, 0.29) is 0 Å². The second kappa shape index (κ2) is 5.48. The van der Waals surface area contributed by atoms with E-state index in [2.05, 4.69) is 10.3 Å². The Balaban J connectivity index is 2.25. The summed E-state index contributed by atoms with van der Waals surface area (Å²) in [6.45, 7) is 1.94. The highest BCUT2D eigenvalue weighted by Crippen LogP contribution is 2.31. The van der Waals surface area contributed by atoms with Gasteiger partial charge in [0.15, 0.2) is 11.5 Å². The van der Waals surface area contributed by atoms with Crippen LogP contribution in [-0.2, 0) is 0 Å². The van der Waals surface area contributed by atoms with Crippen LogP contribution in [0.1, 0.15) is 5.56 Å². The van der Waals surface area contributed by atoms with E-state index >= 15 is 0 Å². The van der Waals surface area contributed by atoms with Gasteiger partial charge in [0.2, 0.25) is 0 Å². The summed E-state index contributed by atoms with van der Waals surface area (Å²) < 4.78 is 10.4. The van der Waals surface area contributed by atoms with Crippen LogP contribution >= 0.6 is 0 Å². The first-order valence-electron chi connectivity index (χ1n) is 5.85. The minimum absolute atomic E-state index is 0.666. The summed E-state index contributed by atoms with van der Waals surface area (Å²) in [5.41, 5.74) is 8.27. The van der Waals surface area contributed by atoms with Crippen LogP contribution in [0.3, 0.4) is 0 Å². The van der Waals surface area contributed by atoms with E-state index in [9.17, 15) is 0 Å². The van der Waals surface area contributed by atoms with Crippen molar-refractivity contribution in [3.05, 3.63) is 36.0 Å². The van der Waals surface area contributed by atoms with Gasteiger partial charge in [0.25, 0.3) is 0 Å². The lowest BCUT2D eigenvalue weighted by molar-refractivity contribution is 0.355. The fraction of sp³-hybridized carbons (Fsp3) is 0.214. The predicted molar refractivity (Wildman–Crippen MR) is 76.2 cm³/mol. The van der Waals surface area contributed by atoms with Gasteiger partial charge in [-0.25, -0.2) is 4.98 Å². The first-order valence-corrected chi connectivity index (χ1v) is 5.85. The zero-order chi connectivity index (χ0) is 13.8. The molecule has 0 unspecified atom stereocenters. The van der Waals surface area contributed by atoms with Crippen LogP contribution in [0.15, 0.2) is 30.5 Å². The maximum Gasteiger partial charge on any atom is 0.162 e. The molecule has 0 bridgehead atoms. The fourth-order valence-electron chi connectivity index (χ4n) is 1.70. The molecular weight excluding hydrogens is 242 g/mol. The number of nitrogens with two attached hydrogens (primary N) is 1. The van der Waals surface area contributed by atoms with Crippen LogP contribution in [0.4, 0.5) is 17.2 Å². The van der Waals surface area contributed by atoms with E-state index < -0.39 is 0 Å². The van der Waals surface area contributed by atoms with Crippen molar-refractivity contribution >= 4 is 17.2 Å². The highest BCUT2D eigenvalue weighted by atomic mass is 16.5. The number of methoxy groups -OCH3 is 2. The number of aryl methyl sites for hydroxylation is 1. The fourth-order valence-corrected chi connectivity index (χ4v) is 1.70. The number of nitrogens with one attached hydrogen (secondary N) is 1. The minimum Gasteiger partial charge on any atom is -0.493 e. The summed E-state index contributed by atoms with van der Waals surface area (Å²) in [6.07, 6.45) is 1.64. The summed E-state index contributed by atoms with van der Waals surface area (Å²) in [4.78, 5) is 4.22. The number of anilines is 3. The SMILES string of the molecule is COc1ccc(Nc2cc(C)c(N)cn2)cc1OC. The third kappa shape index (κ3) is 2.88. The summed E-state index contributed by atoms with van der Waals surface area (Å²) in [5.74, 6) is 2.09. The Labute approximate surface area is 112 Å². The number of hydrogen-bond acceptors (Lipinski definition) is 5. The Morgan fingerprint density at radius 3 is 2.47 bits per heavy atom. The van der Waals surface area contributed by atoms with E-state index in [1.807, 2.05) is 31.2 Å². The molecule has 0 aliphatic carbocycles. The summed E-state index contributed by atoms with van der Waals surface area (Å²) in [6, 6.07) is 7.48. The van der Waals surface area contributed by atoms with E-state index in [1.54, 1.807) is 20.4 Å². The maximum atomic E-state index is 5.74. The average molecular weight is 259 g/mol. The normalized spacial score (nSPS) is 10.1. The monoisotopic (exact) mass is 259 g/mol. The van der Waals surface area contributed by atoms with Crippen molar-refractivity contribution in [1.29, 1.82) is 0 Å². The molecular formula is C14H17N3O2. The van der Waals surface area contributed by atoms with Crippen LogP contribution in [0.25, 0.3) is 0 Å². The Hall–Kier alpha value is -2.43. The van der Waals surface area contributed by atoms with Gasteiger partial charge in [0, 0.05) is 11.8 Å². The van der Waals surface area contributed by atoms with Gasteiger partial charge in [0.05, 0.1) is 26.1 Å². The molecule has 19 heavy (non-hydrogen) atoms. The van der Waals surface area contributed by atoms with E-state index in [0.29, 0.717) is 17.2 Å². The number of ether oxygens (including phenoxy) is 2. The lowest BCUT2D eigenvalue weighted by Gasteiger charge is -2.11. The van der Waals surface area contributed by atoms with Crippen molar-refractivity contribution in [3.63, 3.8) is 0 Å². The van der Waals surface area contributed by atoms with Gasteiger partial charge in [-0.1, -0.05) is 0 Å². The molecule has 0 aliphatic rings. The molecule has 0 amide bonds. The van der Waals surface area contributed by atoms with Gasteiger partial charge in [-0.15, -0.1) is 0 Å². The number of pyridine rings is 1. The summed E-state index contributed by atoms with van der Waals surface area (Å²) in [5, 5.41) is 3.20. The molecule has 0 saturated heterocycles. The van der Waals surface area contributed by atoms with Crippen molar-refractivity contribution in [1.82, 2.24) is 4.98 Å². The molecule has 2 aromatic rings. The minimum atomic E-state index is 0.666. The molecule has 0 saturated carbocycles. The van der Waals surface area contributed by atoms with Gasteiger partial charge in [-0.2, -0.15) is 0 Å². The topological polar surface area (TPSA) is 69.4 Å². The zero-order valence-electron chi connectivity index (χ0n) is 11.2. The summed E-state index contributed by atoms with van der Waals surface area (Å²) >= 11 is 0. The second-order valence-electron chi connectivity index (χ2n) is 4.12. The Bertz CT molecular complexity index is 585. The first kappa shape index (κ1) is 13.0. The first-order chi connectivity index (χ1) is 9.13. The van der Waals surface area contributed by atoms with Gasteiger partial charge >= 0.3 is 0 Å². The molecule has 3 N–H and O–H groups in total. The smallest absolute Gasteiger partial charge is 0.162 e. The van der Waals surface area contributed by atoms with Crippen molar-refractivity contribution < 1.29 is 9.47 Å². The predicted octanol–water partition coefficient (Wildman–Crippen LogP) is 2.73. The number of nitrogen functional groups attached to an aromatic ring is 1. The van der Waals surface area contributed by atoms with Crippen molar-refractivity contribution in [2.75, 3.05) is 25.3 Å². The van der Waals surface area contributed by atoms with Gasteiger partial charge < -0.3 is 20.5 Å². The molecule has 5 heteroatoms. The van der Waals surface area contributed by atoms with Crippen LogP contribution in [0, 0.1) is 6.92 Å². The summed E-state index contributed by atoms with van der Waals surface area (Å²) in [7, 11) is 3.21. The van der Waals surface area contributed by atoms with Crippen LogP contribution < -0.4 is 20.5 Å². The molecule has 1 heterocycles. The molecule has 0 spiro atoms. The molecule has 0 radical (unpaired) electrons. The number of aromatic nitrogens is 1. The Morgan fingerprint density at radius 2 is 1.84 bits per heavy atom. The molecule has 0 fully saturated rings. The third-order valence-corrected chi connectivity index (χ3v) is 2.81. The van der Waals surface area contributed by atoms with Crippen LogP contribution in [0.5, 0.6) is 11.5 Å². The molecule has 1 aromatic carbocycles. The van der Waals surface area contributed by atoms with Crippen molar-refractivity contribution in [2.45, 2.75) is 6.92 Å². The Morgan fingerprint density at radius 1 is 1.11 bits per heavy atom. The number of benzene rings is 1. The van der Waals surface area contributed by atoms with Crippen LogP contribution in [-0.4, -0.2) is 19.2 Å². The lowest BCUT2D eigenvalue weighted by atomic mass is 10.2. The maximum absolute atomic E-state index is 5.74. The highest BCUT2D eigenvalue weighted by molar-refractivity contribution is 5.63. The largest absolute Gasteiger partial charge is 0.493 e. The number of hydrogen-bond donors (Lipinski definition) is 2. The van der Waals surface area contributed by atoms with E-state index in [4.69, 9.17) is 15.2 Å². The van der Waals surface area contributed by atoms with Crippen molar-refractivity contribution in [3.8, 4) is 11.5 Å². The molecule has 0 aliphatic heterocycles. The van der Waals surface area contributed by atoms with E-state index in [1.165, 1.54) is 0 Å². The standard InChI is InChI=1S/C14H17N3O2/c1-9-6-14(16-8-11(9)15)17-10-4-5-12(18-2)13(7-10)19-3/h4-8H,15H2,1-3H3,(H,16,17). The average Bonchev–Trinajstić information content (AvgIpc) is 2.43. The Kier molecular flexibility index (Phi) is 3.75. The molecule has 100 valence electrons. The zero-order valence-corrected chi connectivity index (χ0v) is 11.2. The lowest BCUT2D eigenvalue weighted by Crippen LogP contribution is -1.98.